The Morgan fingerprint density at radius 1 is 1.03 bits per heavy atom. The molecular weight excluding hydrogens is 410 g/mol. The molecule has 29 heavy (non-hydrogen) atoms. The predicted octanol–water partition coefficient (Wildman–Crippen LogP) is 3.33. The molecule has 0 saturated carbocycles. The zero-order valence-electron chi connectivity index (χ0n) is 16.9. The number of para-hydroxylation sites is 1. The average Bonchev–Trinajstić information content (AvgIpc) is 2.73. The number of anilines is 1. The van der Waals surface area contributed by atoms with Gasteiger partial charge in [-0.15, -0.1) is 0 Å². The first kappa shape index (κ1) is 21.6. The van der Waals surface area contributed by atoms with Crippen LogP contribution in [0.4, 0.5) is 5.69 Å². The fraction of sp³-hybridized carbons (Fsp3) is 0.381. The summed E-state index contributed by atoms with van der Waals surface area (Å²) in [7, 11) is -2.16. The Morgan fingerprint density at radius 2 is 1.66 bits per heavy atom. The maximum atomic E-state index is 13.1. The van der Waals surface area contributed by atoms with E-state index in [1.54, 1.807) is 18.7 Å². The third kappa shape index (κ3) is 4.57. The third-order valence-corrected chi connectivity index (χ3v) is 7.62. The van der Waals surface area contributed by atoms with Gasteiger partial charge in [0.1, 0.15) is 0 Å². The number of sulfonamides is 1. The number of carbonyl (C=O) groups is 1. The Hall–Kier alpha value is -2.09. The van der Waals surface area contributed by atoms with Gasteiger partial charge in [-0.3, -0.25) is 4.79 Å². The number of nitrogens with zero attached hydrogens (tertiary/aromatic N) is 3. The summed E-state index contributed by atoms with van der Waals surface area (Å²) in [6.07, 6.45) is 0. The third-order valence-electron chi connectivity index (χ3n) is 5.26. The van der Waals surface area contributed by atoms with Gasteiger partial charge in [0.2, 0.25) is 10.0 Å². The van der Waals surface area contributed by atoms with Crippen LogP contribution in [0.3, 0.4) is 0 Å². The Morgan fingerprint density at radius 3 is 2.24 bits per heavy atom. The minimum absolute atomic E-state index is 0.0735. The van der Waals surface area contributed by atoms with Crippen LogP contribution in [0.15, 0.2) is 53.4 Å². The molecule has 1 heterocycles. The highest BCUT2D eigenvalue weighted by Gasteiger charge is 2.28. The summed E-state index contributed by atoms with van der Waals surface area (Å²) >= 11 is 6.26. The molecule has 2 aromatic rings. The summed E-state index contributed by atoms with van der Waals surface area (Å²) in [6, 6.07) is 14.2. The summed E-state index contributed by atoms with van der Waals surface area (Å²) < 4.78 is 26.9. The summed E-state index contributed by atoms with van der Waals surface area (Å²) in [6.45, 7) is 6.11. The van der Waals surface area contributed by atoms with E-state index in [0.717, 1.165) is 5.69 Å². The van der Waals surface area contributed by atoms with Gasteiger partial charge in [0.25, 0.3) is 5.91 Å². The van der Waals surface area contributed by atoms with Crippen molar-refractivity contribution in [1.29, 1.82) is 0 Å². The van der Waals surface area contributed by atoms with E-state index < -0.39 is 10.0 Å². The van der Waals surface area contributed by atoms with Gasteiger partial charge >= 0.3 is 0 Å². The monoisotopic (exact) mass is 435 g/mol. The Balaban J connectivity index is 1.78. The van der Waals surface area contributed by atoms with Gasteiger partial charge in [-0.2, -0.15) is 4.31 Å². The maximum Gasteiger partial charge on any atom is 0.255 e. The summed E-state index contributed by atoms with van der Waals surface area (Å²) in [4.78, 5) is 17.1. The van der Waals surface area contributed by atoms with E-state index in [1.807, 2.05) is 30.3 Å². The van der Waals surface area contributed by atoms with Crippen LogP contribution in [0, 0.1) is 0 Å². The quantitative estimate of drug-likeness (QED) is 0.722. The molecule has 0 aliphatic carbocycles. The van der Waals surface area contributed by atoms with Crippen molar-refractivity contribution in [2.75, 3.05) is 38.1 Å². The second kappa shape index (κ2) is 8.73. The molecule has 1 amide bonds. The number of hydrogen-bond donors (Lipinski definition) is 0. The highest BCUT2D eigenvalue weighted by atomic mass is 35.5. The van der Waals surface area contributed by atoms with Gasteiger partial charge in [-0.05, 0) is 44.2 Å². The number of hydrogen-bond acceptors (Lipinski definition) is 4. The van der Waals surface area contributed by atoms with E-state index in [2.05, 4.69) is 4.90 Å². The van der Waals surface area contributed by atoms with E-state index in [4.69, 9.17) is 11.6 Å². The number of benzene rings is 2. The molecule has 0 aromatic heterocycles. The highest BCUT2D eigenvalue weighted by molar-refractivity contribution is 7.89. The van der Waals surface area contributed by atoms with Crippen LogP contribution >= 0.6 is 11.6 Å². The van der Waals surface area contributed by atoms with Crippen molar-refractivity contribution in [2.45, 2.75) is 24.8 Å². The van der Waals surface area contributed by atoms with Gasteiger partial charge in [0.15, 0.2) is 0 Å². The molecular formula is C21H26ClN3O3S. The largest absolute Gasteiger partial charge is 0.368 e. The molecule has 8 heteroatoms. The second-order valence-corrected chi connectivity index (χ2v) is 9.78. The van der Waals surface area contributed by atoms with Gasteiger partial charge in [0, 0.05) is 45.0 Å². The Kier molecular flexibility index (Phi) is 6.51. The van der Waals surface area contributed by atoms with Gasteiger partial charge in [0.05, 0.1) is 15.5 Å². The zero-order chi connectivity index (χ0) is 21.2. The molecule has 1 saturated heterocycles. The number of halogens is 1. The molecule has 0 atom stereocenters. The number of amides is 1. The van der Waals surface area contributed by atoms with Gasteiger partial charge in [-0.1, -0.05) is 29.8 Å². The van der Waals surface area contributed by atoms with Gasteiger partial charge in [-0.25, -0.2) is 8.42 Å². The van der Waals surface area contributed by atoms with Crippen molar-refractivity contribution in [3.63, 3.8) is 0 Å². The van der Waals surface area contributed by atoms with Crippen LogP contribution < -0.4 is 4.90 Å². The minimum Gasteiger partial charge on any atom is -0.368 e. The normalized spacial score (nSPS) is 15.2. The number of rotatable bonds is 5. The lowest BCUT2D eigenvalue weighted by Crippen LogP contribution is -2.48. The SMILES string of the molecule is CC(C)N(C)S(=O)(=O)c1ccc(Cl)c(C(=O)N2CCN(c3ccccc3)CC2)c1. The summed E-state index contributed by atoms with van der Waals surface area (Å²) in [5.41, 5.74) is 1.35. The smallest absolute Gasteiger partial charge is 0.255 e. The molecule has 6 nitrogen and oxygen atoms in total. The lowest BCUT2D eigenvalue weighted by Gasteiger charge is -2.36. The van der Waals surface area contributed by atoms with Crippen LogP contribution in [-0.2, 0) is 10.0 Å². The number of carbonyl (C=O) groups excluding carboxylic acids is 1. The van der Waals surface area contributed by atoms with Crippen molar-refractivity contribution in [3.8, 4) is 0 Å². The van der Waals surface area contributed by atoms with E-state index in [9.17, 15) is 13.2 Å². The molecule has 0 unspecified atom stereocenters. The summed E-state index contributed by atoms with van der Waals surface area (Å²) in [5, 5.41) is 0.256. The molecule has 1 fully saturated rings. The molecule has 1 aliphatic heterocycles. The molecule has 1 aliphatic rings. The van der Waals surface area contributed by atoms with Crippen LogP contribution in [0.5, 0.6) is 0 Å². The van der Waals surface area contributed by atoms with Gasteiger partial charge < -0.3 is 9.80 Å². The lowest BCUT2D eigenvalue weighted by molar-refractivity contribution is 0.0746. The first-order chi connectivity index (χ1) is 13.7. The topological polar surface area (TPSA) is 60.9 Å². The molecule has 156 valence electrons. The van der Waals surface area contributed by atoms with Crippen LogP contribution in [0.1, 0.15) is 24.2 Å². The van der Waals surface area contributed by atoms with Crippen molar-refractivity contribution < 1.29 is 13.2 Å². The maximum absolute atomic E-state index is 13.1. The highest BCUT2D eigenvalue weighted by Crippen LogP contribution is 2.25. The standard InChI is InChI=1S/C21H26ClN3O3S/c1-16(2)23(3)29(27,28)18-9-10-20(22)19(15-18)21(26)25-13-11-24(12-14-25)17-7-5-4-6-8-17/h4-10,15-16H,11-14H2,1-3H3. The predicted molar refractivity (Wildman–Crippen MR) is 116 cm³/mol. The minimum atomic E-state index is -3.69. The molecule has 0 spiro atoms. The molecule has 2 aromatic carbocycles. The molecule has 0 radical (unpaired) electrons. The molecule has 3 rings (SSSR count). The molecule has 0 N–H and O–H groups in total. The zero-order valence-corrected chi connectivity index (χ0v) is 18.4. The van der Waals surface area contributed by atoms with Crippen LogP contribution in [0.25, 0.3) is 0 Å². The average molecular weight is 436 g/mol. The first-order valence-corrected chi connectivity index (χ1v) is 11.4. The van der Waals surface area contributed by atoms with Crippen molar-refractivity contribution in [1.82, 2.24) is 9.21 Å². The number of piperazine rings is 1. The Labute approximate surface area is 177 Å². The van der Waals surface area contributed by atoms with E-state index >= 15 is 0 Å². The van der Waals surface area contributed by atoms with E-state index in [-0.39, 0.29) is 27.4 Å². The van der Waals surface area contributed by atoms with Crippen LogP contribution in [0.2, 0.25) is 5.02 Å². The Bertz CT molecular complexity index is 972. The first-order valence-electron chi connectivity index (χ1n) is 9.58. The van der Waals surface area contributed by atoms with Crippen molar-refractivity contribution in [2.24, 2.45) is 0 Å². The van der Waals surface area contributed by atoms with E-state index in [1.165, 1.54) is 29.6 Å². The lowest BCUT2D eigenvalue weighted by atomic mass is 10.1. The van der Waals surface area contributed by atoms with Crippen molar-refractivity contribution in [3.05, 3.63) is 59.1 Å². The van der Waals surface area contributed by atoms with E-state index in [0.29, 0.717) is 26.2 Å². The molecule has 0 bridgehead atoms. The fourth-order valence-electron chi connectivity index (χ4n) is 3.25. The van der Waals surface area contributed by atoms with Crippen LogP contribution in [-0.4, -0.2) is 62.8 Å². The fourth-order valence-corrected chi connectivity index (χ4v) is 4.84. The second-order valence-electron chi connectivity index (χ2n) is 7.37. The van der Waals surface area contributed by atoms with Crippen molar-refractivity contribution >= 4 is 33.2 Å². The summed E-state index contributed by atoms with van der Waals surface area (Å²) in [5.74, 6) is -0.244.